The Morgan fingerprint density at radius 1 is 1.50 bits per heavy atom. The highest BCUT2D eigenvalue weighted by Crippen LogP contribution is 2.30. The van der Waals surface area contributed by atoms with Crippen LogP contribution in [0.4, 0.5) is 0 Å². The average molecular weight is 322 g/mol. The molecule has 0 saturated heterocycles. The van der Waals surface area contributed by atoms with E-state index in [9.17, 15) is 4.79 Å². The number of ether oxygens (including phenoxy) is 1. The van der Waals surface area contributed by atoms with Crippen molar-refractivity contribution in [2.24, 2.45) is 0 Å². The third kappa shape index (κ3) is 2.36. The summed E-state index contributed by atoms with van der Waals surface area (Å²) in [7, 11) is 1.56. The third-order valence-corrected chi connectivity index (χ3v) is 2.91. The lowest BCUT2D eigenvalue weighted by atomic mass is 10.1. The normalized spacial score (nSPS) is 10.0. The van der Waals surface area contributed by atoms with Crippen LogP contribution >= 0.6 is 31.9 Å². The van der Waals surface area contributed by atoms with Crippen LogP contribution in [0.3, 0.4) is 0 Å². The van der Waals surface area contributed by atoms with Gasteiger partial charge in [0.15, 0.2) is 5.78 Å². The van der Waals surface area contributed by atoms with Crippen molar-refractivity contribution in [2.45, 2.75) is 6.92 Å². The van der Waals surface area contributed by atoms with Crippen molar-refractivity contribution < 1.29 is 9.53 Å². The smallest absolute Gasteiger partial charge is 0.177 e. The van der Waals surface area contributed by atoms with Gasteiger partial charge in [0.2, 0.25) is 0 Å². The van der Waals surface area contributed by atoms with Crippen molar-refractivity contribution in [3.05, 3.63) is 27.7 Å². The molecule has 0 aliphatic rings. The predicted octanol–water partition coefficient (Wildman–Crippen LogP) is 3.34. The molecular weight excluding hydrogens is 312 g/mol. The molecule has 2 nitrogen and oxygen atoms in total. The van der Waals surface area contributed by atoms with Gasteiger partial charge in [-0.3, -0.25) is 4.79 Å². The molecule has 76 valence electrons. The molecule has 0 atom stereocenters. The highest BCUT2D eigenvalue weighted by molar-refractivity contribution is 9.10. The fourth-order valence-electron chi connectivity index (χ4n) is 1.22. The maximum atomic E-state index is 11.5. The first-order valence-corrected chi connectivity index (χ1v) is 5.95. The quantitative estimate of drug-likeness (QED) is 0.630. The minimum atomic E-state index is 0.0197. The molecule has 0 aromatic heterocycles. The van der Waals surface area contributed by atoms with E-state index in [0.29, 0.717) is 16.6 Å². The van der Waals surface area contributed by atoms with Gasteiger partial charge in [0.05, 0.1) is 22.5 Å². The molecule has 0 fully saturated rings. The van der Waals surface area contributed by atoms with Crippen LogP contribution in [0.25, 0.3) is 0 Å². The molecule has 0 aliphatic heterocycles. The molecule has 0 radical (unpaired) electrons. The summed E-state index contributed by atoms with van der Waals surface area (Å²) in [5, 5.41) is 0.305. The van der Waals surface area contributed by atoms with Gasteiger partial charge in [0.25, 0.3) is 0 Å². The number of halogens is 2. The number of alkyl halides is 1. The summed E-state index contributed by atoms with van der Waals surface area (Å²) in [5.41, 5.74) is 1.64. The highest BCUT2D eigenvalue weighted by Gasteiger charge is 2.14. The lowest BCUT2D eigenvalue weighted by Crippen LogP contribution is -2.04. The van der Waals surface area contributed by atoms with Gasteiger partial charge in [0.1, 0.15) is 5.75 Å². The summed E-state index contributed by atoms with van der Waals surface area (Å²) in [6.45, 7) is 1.94. The minimum Gasteiger partial charge on any atom is -0.495 e. The standard InChI is InChI=1S/C10H10Br2O2/c1-6-3-7(9(13)5-11)10(14-2)8(12)4-6/h3-4H,5H2,1-2H3. The third-order valence-electron chi connectivity index (χ3n) is 1.81. The van der Waals surface area contributed by atoms with Crippen molar-refractivity contribution in [1.82, 2.24) is 0 Å². The number of methoxy groups -OCH3 is 1. The topological polar surface area (TPSA) is 26.3 Å². The van der Waals surface area contributed by atoms with Gasteiger partial charge in [-0.1, -0.05) is 15.9 Å². The maximum absolute atomic E-state index is 11.5. The van der Waals surface area contributed by atoms with E-state index in [1.54, 1.807) is 7.11 Å². The Morgan fingerprint density at radius 2 is 2.14 bits per heavy atom. The first kappa shape index (κ1) is 11.7. The molecule has 0 amide bonds. The van der Waals surface area contributed by atoms with Crippen molar-refractivity contribution in [3.8, 4) is 5.75 Å². The summed E-state index contributed by atoms with van der Waals surface area (Å²) in [4.78, 5) is 11.5. The zero-order valence-electron chi connectivity index (χ0n) is 7.93. The summed E-state index contributed by atoms with van der Waals surface area (Å²) in [5.74, 6) is 0.617. The average Bonchev–Trinajstić information content (AvgIpc) is 2.15. The Hall–Kier alpha value is -0.350. The van der Waals surface area contributed by atoms with Crippen molar-refractivity contribution in [2.75, 3.05) is 12.4 Å². The van der Waals surface area contributed by atoms with E-state index in [2.05, 4.69) is 31.9 Å². The van der Waals surface area contributed by atoms with Crippen LogP contribution in [-0.4, -0.2) is 18.2 Å². The molecule has 1 aromatic carbocycles. The summed E-state index contributed by atoms with van der Waals surface area (Å²) in [6, 6.07) is 3.75. The van der Waals surface area contributed by atoms with E-state index in [1.165, 1.54) is 0 Å². The SMILES string of the molecule is COc1c(Br)cc(C)cc1C(=O)CBr. The summed E-state index contributed by atoms with van der Waals surface area (Å²) < 4.78 is 5.98. The van der Waals surface area contributed by atoms with E-state index in [1.807, 2.05) is 19.1 Å². The van der Waals surface area contributed by atoms with Crippen molar-refractivity contribution in [1.29, 1.82) is 0 Å². The number of ketones is 1. The van der Waals surface area contributed by atoms with Gasteiger partial charge in [-0.25, -0.2) is 0 Å². The number of Topliss-reactive ketones (excluding diaryl/α,β-unsaturated/α-hetero) is 1. The summed E-state index contributed by atoms with van der Waals surface area (Å²) >= 11 is 6.51. The predicted molar refractivity (Wildman–Crippen MR) is 63.6 cm³/mol. The van der Waals surface area contributed by atoms with Gasteiger partial charge in [-0.05, 0) is 40.5 Å². The number of aryl methyl sites for hydroxylation is 1. The number of carbonyl (C=O) groups excluding carboxylic acids is 1. The van der Waals surface area contributed by atoms with Gasteiger partial charge in [0, 0.05) is 0 Å². The number of carbonyl (C=O) groups is 1. The Balaban J connectivity index is 3.32. The van der Waals surface area contributed by atoms with Crippen LogP contribution in [0.1, 0.15) is 15.9 Å². The van der Waals surface area contributed by atoms with Gasteiger partial charge in [-0.15, -0.1) is 0 Å². The molecule has 0 heterocycles. The Morgan fingerprint density at radius 3 is 2.64 bits per heavy atom. The fraction of sp³-hybridized carbons (Fsp3) is 0.300. The highest BCUT2D eigenvalue weighted by atomic mass is 79.9. The van der Waals surface area contributed by atoms with Crippen molar-refractivity contribution >= 4 is 37.6 Å². The number of benzene rings is 1. The van der Waals surface area contributed by atoms with Crippen LogP contribution in [-0.2, 0) is 0 Å². The molecule has 0 bridgehead atoms. The van der Waals surface area contributed by atoms with Gasteiger partial charge < -0.3 is 4.74 Å². The van der Waals surface area contributed by atoms with E-state index >= 15 is 0 Å². The van der Waals surface area contributed by atoms with Gasteiger partial charge in [-0.2, -0.15) is 0 Å². The molecule has 0 spiro atoms. The number of hydrogen-bond donors (Lipinski definition) is 0. The summed E-state index contributed by atoms with van der Waals surface area (Å²) in [6.07, 6.45) is 0. The fourth-order valence-corrected chi connectivity index (χ4v) is 2.25. The number of rotatable bonds is 3. The van der Waals surface area contributed by atoms with Crippen LogP contribution in [0.2, 0.25) is 0 Å². The molecule has 0 saturated carbocycles. The van der Waals surface area contributed by atoms with Crippen LogP contribution in [0.5, 0.6) is 5.75 Å². The zero-order chi connectivity index (χ0) is 10.7. The number of hydrogen-bond acceptors (Lipinski definition) is 2. The Labute approximate surface area is 99.9 Å². The molecule has 0 N–H and O–H groups in total. The first-order valence-electron chi connectivity index (χ1n) is 4.03. The largest absolute Gasteiger partial charge is 0.495 e. The van der Waals surface area contributed by atoms with E-state index in [4.69, 9.17) is 4.74 Å². The second kappa shape index (κ2) is 4.94. The first-order chi connectivity index (χ1) is 6.60. The second-order valence-electron chi connectivity index (χ2n) is 2.88. The lowest BCUT2D eigenvalue weighted by Gasteiger charge is -2.09. The molecular formula is C10H10Br2O2. The van der Waals surface area contributed by atoms with Crippen LogP contribution in [0, 0.1) is 6.92 Å². The van der Waals surface area contributed by atoms with E-state index in [-0.39, 0.29) is 5.78 Å². The molecule has 0 aliphatic carbocycles. The molecule has 4 heteroatoms. The minimum absolute atomic E-state index is 0.0197. The Kier molecular flexibility index (Phi) is 4.13. The van der Waals surface area contributed by atoms with Crippen LogP contribution < -0.4 is 4.74 Å². The monoisotopic (exact) mass is 320 g/mol. The van der Waals surface area contributed by atoms with E-state index < -0.39 is 0 Å². The zero-order valence-corrected chi connectivity index (χ0v) is 11.1. The second-order valence-corrected chi connectivity index (χ2v) is 4.30. The molecule has 0 unspecified atom stereocenters. The molecule has 1 rings (SSSR count). The van der Waals surface area contributed by atoms with E-state index in [0.717, 1.165) is 10.0 Å². The van der Waals surface area contributed by atoms with Gasteiger partial charge >= 0.3 is 0 Å². The lowest BCUT2D eigenvalue weighted by molar-refractivity contribution is 0.102. The Bertz CT molecular complexity index is 361. The van der Waals surface area contributed by atoms with Crippen LogP contribution in [0.15, 0.2) is 16.6 Å². The maximum Gasteiger partial charge on any atom is 0.177 e. The molecule has 1 aromatic rings. The van der Waals surface area contributed by atoms with Crippen molar-refractivity contribution in [3.63, 3.8) is 0 Å². The molecule has 14 heavy (non-hydrogen) atoms.